The minimum atomic E-state index is -0.0985. The van der Waals surface area contributed by atoms with E-state index in [0.29, 0.717) is 12.2 Å². The van der Waals surface area contributed by atoms with Crippen molar-refractivity contribution < 1.29 is 9.53 Å². The van der Waals surface area contributed by atoms with Gasteiger partial charge < -0.3 is 15.0 Å². The number of carbonyl (C=O) groups excluding carboxylic acids is 1. The summed E-state index contributed by atoms with van der Waals surface area (Å²) in [7, 11) is 1.68. The highest BCUT2D eigenvalue weighted by molar-refractivity contribution is 6.04. The molecule has 0 saturated carbocycles. The molecule has 3 rings (SSSR count). The lowest BCUT2D eigenvalue weighted by atomic mass is 10.1. The molecule has 0 bridgehead atoms. The van der Waals surface area contributed by atoms with Crippen LogP contribution >= 0.6 is 0 Å². The van der Waals surface area contributed by atoms with Gasteiger partial charge in [-0.15, -0.1) is 0 Å². The topological polar surface area (TPSA) is 54.5 Å². The Balaban J connectivity index is 1.62. The van der Waals surface area contributed by atoms with Crippen LogP contribution in [0.15, 0.2) is 66.9 Å². The zero-order valence-electron chi connectivity index (χ0n) is 17.2. The first-order valence-corrected chi connectivity index (χ1v) is 9.82. The number of para-hydroxylation sites is 1. The summed E-state index contributed by atoms with van der Waals surface area (Å²) in [5.41, 5.74) is 4.48. The van der Waals surface area contributed by atoms with Crippen LogP contribution < -0.4 is 15.0 Å². The summed E-state index contributed by atoms with van der Waals surface area (Å²) in [6.07, 6.45) is 2.54. The summed E-state index contributed by atoms with van der Waals surface area (Å²) in [6.45, 7) is 5.32. The molecule has 1 aromatic heterocycles. The lowest BCUT2D eigenvalue weighted by Gasteiger charge is -2.21. The van der Waals surface area contributed by atoms with Crippen LogP contribution in [0.5, 0.6) is 5.75 Å². The van der Waals surface area contributed by atoms with Crippen molar-refractivity contribution in [2.45, 2.75) is 20.3 Å². The molecular weight excluding hydrogens is 362 g/mol. The number of anilines is 2. The minimum Gasteiger partial charge on any atom is -0.496 e. The number of hydrogen-bond donors (Lipinski definition) is 1. The summed E-state index contributed by atoms with van der Waals surface area (Å²) in [4.78, 5) is 19.0. The zero-order chi connectivity index (χ0) is 20.6. The van der Waals surface area contributed by atoms with Crippen LogP contribution in [0.1, 0.15) is 28.5 Å². The van der Waals surface area contributed by atoms with Crippen LogP contribution in [-0.2, 0) is 6.42 Å². The number of aryl methyl sites for hydroxylation is 1. The molecule has 150 valence electrons. The molecule has 0 aliphatic heterocycles. The molecule has 5 heteroatoms. The minimum absolute atomic E-state index is 0.0985. The predicted octanol–water partition coefficient (Wildman–Crippen LogP) is 4.72. The number of carbonyl (C=O) groups is 1. The highest BCUT2D eigenvalue weighted by atomic mass is 16.5. The van der Waals surface area contributed by atoms with Gasteiger partial charge >= 0.3 is 0 Å². The highest BCUT2D eigenvalue weighted by Crippen LogP contribution is 2.20. The Labute approximate surface area is 172 Å². The van der Waals surface area contributed by atoms with E-state index in [1.807, 2.05) is 62.4 Å². The molecule has 0 aliphatic carbocycles. The van der Waals surface area contributed by atoms with E-state index < -0.39 is 0 Å². The number of benzene rings is 2. The van der Waals surface area contributed by atoms with E-state index in [2.05, 4.69) is 16.4 Å². The number of amides is 1. The molecule has 0 atom stereocenters. The molecule has 0 unspecified atom stereocenters. The average Bonchev–Trinajstić information content (AvgIpc) is 2.75. The quantitative estimate of drug-likeness (QED) is 0.606. The lowest BCUT2D eigenvalue weighted by molar-refractivity contribution is 0.0983. The molecule has 1 N–H and O–H groups in total. The van der Waals surface area contributed by atoms with E-state index in [1.165, 1.54) is 0 Å². The first-order chi connectivity index (χ1) is 14.1. The van der Waals surface area contributed by atoms with E-state index in [4.69, 9.17) is 4.74 Å². The van der Waals surface area contributed by atoms with Crippen LogP contribution in [0.25, 0.3) is 0 Å². The Bertz CT molecular complexity index is 954. The zero-order valence-corrected chi connectivity index (χ0v) is 17.2. The van der Waals surface area contributed by atoms with Gasteiger partial charge in [0.05, 0.1) is 19.0 Å². The van der Waals surface area contributed by atoms with Crippen LogP contribution in [0.4, 0.5) is 11.4 Å². The van der Waals surface area contributed by atoms with Crippen molar-refractivity contribution in [2.24, 2.45) is 0 Å². The van der Waals surface area contributed by atoms with Gasteiger partial charge in [-0.1, -0.05) is 30.3 Å². The fourth-order valence-electron chi connectivity index (χ4n) is 3.25. The molecular formula is C24H27N3O2. The van der Waals surface area contributed by atoms with Gasteiger partial charge in [-0.25, -0.2) is 4.98 Å². The Kier molecular flexibility index (Phi) is 6.85. The number of ether oxygens (including phenoxy) is 1. The van der Waals surface area contributed by atoms with Crippen molar-refractivity contribution in [1.29, 1.82) is 0 Å². The Morgan fingerprint density at radius 1 is 1.10 bits per heavy atom. The second-order valence-corrected chi connectivity index (χ2v) is 6.81. The van der Waals surface area contributed by atoms with Crippen LogP contribution in [-0.4, -0.2) is 31.1 Å². The van der Waals surface area contributed by atoms with E-state index in [-0.39, 0.29) is 5.91 Å². The maximum atomic E-state index is 12.9. The van der Waals surface area contributed by atoms with Gasteiger partial charge in [0.15, 0.2) is 0 Å². The normalized spacial score (nSPS) is 10.4. The molecule has 0 fully saturated rings. The van der Waals surface area contributed by atoms with Gasteiger partial charge in [0.1, 0.15) is 11.4 Å². The summed E-state index contributed by atoms with van der Waals surface area (Å²) in [5.74, 6) is 0.794. The van der Waals surface area contributed by atoms with Gasteiger partial charge in [-0.05, 0) is 61.7 Å². The van der Waals surface area contributed by atoms with Gasteiger partial charge in [-0.3, -0.25) is 4.79 Å². The fraction of sp³-hybridized carbons (Fsp3) is 0.250. The Hall–Kier alpha value is -3.34. The standard InChI is InChI=1S/C24H27N3O2/c1-4-27(21-10-7-8-18(2)16-21)24(28)22-13-12-20(17-26-22)25-15-14-19-9-5-6-11-23(19)29-3/h5-13,16-17,25H,4,14-15H2,1-3H3. The first-order valence-electron chi connectivity index (χ1n) is 9.82. The number of nitrogens with one attached hydrogen (secondary N) is 1. The Morgan fingerprint density at radius 3 is 2.62 bits per heavy atom. The molecule has 0 saturated heterocycles. The predicted molar refractivity (Wildman–Crippen MR) is 118 cm³/mol. The number of pyridine rings is 1. The van der Waals surface area contributed by atoms with Crippen molar-refractivity contribution in [3.63, 3.8) is 0 Å². The fourth-order valence-corrected chi connectivity index (χ4v) is 3.25. The van der Waals surface area contributed by atoms with Gasteiger partial charge in [0, 0.05) is 18.8 Å². The highest BCUT2D eigenvalue weighted by Gasteiger charge is 2.17. The van der Waals surface area contributed by atoms with Crippen molar-refractivity contribution in [2.75, 3.05) is 30.4 Å². The van der Waals surface area contributed by atoms with Crippen LogP contribution in [0.3, 0.4) is 0 Å². The summed E-state index contributed by atoms with van der Waals surface area (Å²) >= 11 is 0. The van der Waals surface area contributed by atoms with E-state index in [9.17, 15) is 4.79 Å². The van der Waals surface area contributed by atoms with Gasteiger partial charge in [-0.2, -0.15) is 0 Å². The molecule has 0 radical (unpaired) electrons. The second kappa shape index (κ2) is 9.73. The SMILES string of the molecule is CCN(C(=O)c1ccc(NCCc2ccccc2OC)cn1)c1cccc(C)c1. The van der Waals surface area contributed by atoms with Crippen LogP contribution in [0, 0.1) is 6.92 Å². The maximum absolute atomic E-state index is 12.9. The van der Waals surface area contributed by atoms with Crippen molar-refractivity contribution in [3.8, 4) is 5.75 Å². The van der Waals surface area contributed by atoms with Gasteiger partial charge in [0.2, 0.25) is 0 Å². The number of nitrogens with zero attached hydrogens (tertiary/aromatic N) is 2. The molecule has 29 heavy (non-hydrogen) atoms. The molecule has 5 nitrogen and oxygen atoms in total. The van der Waals surface area contributed by atoms with Crippen molar-refractivity contribution in [3.05, 3.63) is 83.7 Å². The summed E-state index contributed by atoms with van der Waals surface area (Å²) in [5, 5.41) is 3.35. The lowest BCUT2D eigenvalue weighted by Crippen LogP contribution is -2.31. The Morgan fingerprint density at radius 2 is 1.93 bits per heavy atom. The average molecular weight is 389 g/mol. The largest absolute Gasteiger partial charge is 0.496 e. The summed E-state index contributed by atoms with van der Waals surface area (Å²) in [6, 6.07) is 19.6. The number of hydrogen-bond acceptors (Lipinski definition) is 4. The van der Waals surface area contributed by atoms with Gasteiger partial charge in [0.25, 0.3) is 5.91 Å². The molecule has 2 aromatic carbocycles. The van der Waals surface area contributed by atoms with E-state index in [0.717, 1.165) is 41.2 Å². The first kappa shape index (κ1) is 20.4. The second-order valence-electron chi connectivity index (χ2n) is 6.81. The van der Waals surface area contributed by atoms with Crippen molar-refractivity contribution >= 4 is 17.3 Å². The third kappa shape index (κ3) is 5.13. The van der Waals surface area contributed by atoms with E-state index >= 15 is 0 Å². The van der Waals surface area contributed by atoms with E-state index in [1.54, 1.807) is 24.3 Å². The van der Waals surface area contributed by atoms with Crippen molar-refractivity contribution in [1.82, 2.24) is 4.98 Å². The maximum Gasteiger partial charge on any atom is 0.276 e. The molecule has 1 amide bonds. The summed E-state index contributed by atoms with van der Waals surface area (Å²) < 4.78 is 5.38. The molecule has 0 spiro atoms. The third-order valence-corrected chi connectivity index (χ3v) is 4.77. The molecule has 1 heterocycles. The number of methoxy groups -OCH3 is 1. The third-order valence-electron chi connectivity index (χ3n) is 4.77. The molecule has 0 aliphatic rings. The smallest absolute Gasteiger partial charge is 0.276 e. The number of aromatic nitrogens is 1. The number of rotatable bonds is 8. The van der Waals surface area contributed by atoms with Crippen LogP contribution in [0.2, 0.25) is 0 Å². The molecule has 3 aromatic rings. The monoisotopic (exact) mass is 389 g/mol.